The Morgan fingerprint density at radius 1 is 1.42 bits per heavy atom. The van der Waals surface area contributed by atoms with Crippen molar-refractivity contribution in [1.82, 2.24) is 20.4 Å². The number of nitrogens with one attached hydrogen (secondary N) is 3. The predicted octanol–water partition coefficient (Wildman–Crippen LogP) is 1.22. The van der Waals surface area contributed by atoms with Crippen LogP contribution in [0.4, 0.5) is 10.5 Å². The van der Waals surface area contributed by atoms with E-state index in [1.807, 2.05) is 0 Å². The average molecular weight is 327 g/mol. The van der Waals surface area contributed by atoms with E-state index in [1.54, 1.807) is 31.3 Å². The summed E-state index contributed by atoms with van der Waals surface area (Å²) in [6.07, 6.45) is 3.50. The molecular formula is C16H17N5O3. The number of nitrogens with zero attached hydrogens (tertiary/aromatic N) is 2. The molecule has 4 rings (SSSR count). The lowest BCUT2D eigenvalue weighted by Gasteiger charge is -2.20. The van der Waals surface area contributed by atoms with Crippen LogP contribution in [0.2, 0.25) is 0 Å². The third-order valence-corrected chi connectivity index (χ3v) is 4.72. The summed E-state index contributed by atoms with van der Waals surface area (Å²) >= 11 is 0. The van der Waals surface area contributed by atoms with Gasteiger partial charge in [-0.2, -0.15) is 5.10 Å². The maximum atomic E-state index is 12.5. The standard InChI is InChI=1S/C16H17N5O3/c1-16(10-2-3-10)14(23)21(15(24)19-16)8-13(22)18-11-4-5-12-9(6-11)7-17-20-12/h4-7,10H,2-3,8H2,1H3,(H,17,20)(H,18,22)(H,19,24). The first kappa shape index (κ1) is 14.7. The van der Waals surface area contributed by atoms with Crippen LogP contribution >= 0.6 is 0 Å². The van der Waals surface area contributed by atoms with Gasteiger partial charge in [-0.05, 0) is 43.9 Å². The van der Waals surface area contributed by atoms with E-state index in [4.69, 9.17) is 0 Å². The molecule has 1 atom stereocenters. The van der Waals surface area contributed by atoms with Gasteiger partial charge in [0.1, 0.15) is 12.1 Å². The van der Waals surface area contributed by atoms with Crippen LogP contribution in [0.3, 0.4) is 0 Å². The molecule has 0 radical (unpaired) electrons. The van der Waals surface area contributed by atoms with Crippen molar-refractivity contribution in [3.05, 3.63) is 24.4 Å². The van der Waals surface area contributed by atoms with Crippen LogP contribution in [0.1, 0.15) is 19.8 Å². The molecule has 8 heteroatoms. The molecule has 1 saturated carbocycles. The summed E-state index contributed by atoms with van der Waals surface area (Å²) in [6.45, 7) is 1.44. The fourth-order valence-electron chi connectivity index (χ4n) is 3.16. The van der Waals surface area contributed by atoms with Crippen molar-refractivity contribution in [2.45, 2.75) is 25.3 Å². The van der Waals surface area contributed by atoms with E-state index in [0.29, 0.717) is 5.69 Å². The fourth-order valence-corrected chi connectivity index (χ4v) is 3.16. The molecule has 2 aromatic rings. The van der Waals surface area contributed by atoms with Crippen molar-refractivity contribution in [1.29, 1.82) is 0 Å². The zero-order valence-electron chi connectivity index (χ0n) is 13.1. The molecule has 2 aliphatic rings. The van der Waals surface area contributed by atoms with Crippen molar-refractivity contribution in [3.8, 4) is 0 Å². The summed E-state index contributed by atoms with van der Waals surface area (Å²) in [4.78, 5) is 37.8. The van der Waals surface area contributed by atoms with Gasteiger partial charge in [0.25, 0.3) is 5.91 Å². The SMILES string of the molecule is CC1(C2CC2)NC(=O)N(CC(=O)Nc2ccc3[nH]ncc3c2)C1=O. The highest BCUT2D eigenvalue weighted by atomic mass is 16.2. The first-order chi connectivity index (χ1) is 11.5. The molecule has 8 nitrogen and oxygen atoms in total. The van der Waals surface area contributed by atoms with Crippen LogP contribution in [0.25, 0.3) is 10.9 Å². The van der Waals surface area contributed by atoms with E-state index >= 15 is 0 Å². The van der Waals surface area contributed by atoms with Crippen LogP contribution < -0.4 is 10.6 Å². The molecule has 3 N–H and O–H groups in total. The lowest BCUT2D eigenvalue weighted by Crippen LogP contribution is -2.46. The monoisotopic (exact) mass is 327 g/mol. The Hall–Kier alpha value is -2.90. The van der Waals surface area contributed by atoms with Crippen molar-refractivity contribution in [3.63, 3.8) is 0 Å². The molecule has 1 aliphatic heterocycles. The largest absolute Gasteiger partial charge is 0.325 e. The maximum Gasteiger partial charge on any atom is 0.325 e. The molecule has 1 aliphatic carbocycles. The van der Waals surface area contributed by atoms with Crippen LogP contribution in [-0.4, -0.2) is 45.0 Å². The molecule has 2 heterocycles. The van der Waals surface area contributed by atoms with Gasteiger partial charge < -0.3 is 10.6 Å². The molecule has 1 aromatic heterocycles. The Morgan fingerprint density at radius 2 is 2.21 bits per heavy atom. The van der Waals surface area contributed by atoms with Gasteiger partial charge in [0.05, 0.1) is 11.7 Å². The van der Waals surface area contributed by atoms with Crippen LogP contribution in [0, 0.1) is 5.92 Å². The normalized spacial score (nSPS) is 23.6. The lowest BCUT2D eigenvalue weighted by molar-refractivity contribution is -0.134. The highest BCUT2D eigenvalue weighted by Gasteiger charge is 2.56. The van der Waals surface area contributed by atoms with E-state index in [-0.39, 0.29) is 18.4 Å². The Kier molecular flexibility index (Phi) is 3.09. The number of hydrogen-bond acceptors (Lipinski definition) is 4. The van der Waals surface area contributed by atoms with Gasteiger partial charge in [0.15, 0.2) is 0 Å². The molecule has 2 fully saturated rings. The molecule has 1 saturated heterocycles. The minimum absolute atomic E-state index is 0.172. The van der Waals surface area contributed by atoms with Gasteiger partial charge in [0, 0.05) is 11.1 Å². The Labute approximate surface area is 137 Å². The number of imide groups is 1. The predicted molar refractivity (Wildman–Crippen MR) is 86.1 cm³/mol. The molecule has 4 amide bonds. The van der Waals surface area contributed by atoms with E-state index in [0.717, 1.165) is 28.6 Å². The highest BCUT2D eigenvalue weighted by molar-refractivity contribution is 6.10. The molecule has 24 heavy (non-hydrogen) atoms. The van der Waals surface area contributed by atoms with Crippen molar-refractivity contribution >= 4 is 34.4 Å². The van der Waals surface area contributed by atoms with E-state index in [1.165, 1.54) is 0 Å². The summed E-state index contributed by atoms with van der Waals surface area (Å²) in [5, 5.41) is 13.0. The number of hydrogen-bond donors (Lipinski definition) is 3. The van der Waals surface area contributed by atoms with Gasteiger partial charge in [-0.1, -0.05) is 0 Å². The molecule has 1 unspecified atom stereocenters. The first-order valence-electron chi connectivity index (χ1n) is 7.84. The fraction of sp³-hybridized carbons (Fsp3) is 0.375. The minimum Gasteiger partial charge on any atom is -0.325 e. The van der Waals surface area contributed by atoms with Crippen molar-refractivity contribution in [2.24, 2.45) is 5.92 Å². The number of amides is 4. The van der Waals surface area contributed by atoms with Crippen molar-refractivity contribution < 1.29 is 14.4 Å². The zero-order chi connectivity index (χ0) is 16.9. The summed E-state index contributed by atoms with van der Waals surface area (Å²) in [5.41, 5.74) is 0.584. The van der Waals surface area contributed by atoms with E-state index in [9.17, 15) is 14.4 Å². The van der Waals surface area contributed by atoms with Crippen LogP contribution in [0.5, 0.6) is 0 Å². The number of H-pyrrole nitrogens is 1. The third-order valence-electron chi connectivity index (χ3n) is 4.72. The Balaban J connectivity index is 1.45. The van der Waals surface area contributed by atoms with Gasteiger partial charge >= 0.3 is 6.03 Å². The second-order valence-electron chi connectivity index (χ2n) is 6.52. The summed E-state index contributed by atoms with van der Waals surface area (Å²) in [5.74, 6) is -0.567. The quantitative estimate of drug-likeness (QED) is 0.734. The summed E-state index contributed by atoms with van der Waals surface area (Å²) in [6, 6.07) is 4.81. The molecule has 1 aromatic carbocycles. The second kappa shape index (κ2) is 5.05. The Morgan fingerprint density at radius 3 is 2.96 bits per heavy atom. The van der Waals surface area contributed by atoms with Gasteiger partial charge in [0.2, 0.25) is 5.91 Å². The second-order valence-corrected chi connectivity index (χ2v) is 6.52. The third kappa shape index (κ3) is 2.31. The van der Waals surface area contributed by atoms with Gasteiger partial charge in [-0.15, -0.1) is 0 Å². The number of rotatable bonds is 4. The zero-order valence-corrected chi connectivity index (χ0v) is 13.1. The summed E-state index contributed by atoms with van der Waals surface area (Å²) in [7, 11) is 0. The van der Waals surface area contributed by atoms with E-state index in [2.05, 4.69) is 20.8 Å². The maximum absolute atomic E-state index is 12.5. The number of carbonyl (C=O) groups is 3. The average Bonchev–Trinajstić information content (AvgIpc) is 3.26. The van der Waals surface area contributed by atoms with Gasteiger partial charge in [-0.25, -0.2) is 4.79 Å². The number of fused-ring (bicyclic) bond motifs is 1. The molecule has 0 bridgehead atoms. The number of carbonyl (C=O) groups excluding carboxylic acids is 3. The lowest BCUT2D eigenvalue weighted by atomic mass is 9.96. The van der Waals surface area contributed by atoms with Gasteiger partial charge in [-0.3, -0.25) is 19.6 Å². The Bertz CT molecular complexity index is 856. The number of benzene rings is 1. The van der Waals surface area contributed by atoms with Crippen molar-refractivity contribution in [2.75, 3.05) is 11.9 Å². The topological polar surface area (TPSA) is 107 Å². The molecular weight excluding hydrogens is 310 g/mol. The highest BCUT2D eigenvalue weighted by Crippen LogP contribution is 2.42. The number of urea groups is 1. The first-order valence-corrected chi connectivity index (χ1v) is 7.84. The van der Waals surface area contributed by atoms with E-state index < -0.39 is 17.5 Å². The van der Waals surface area contributed by atoms with Crippen LogP contribution in [0.15, 0.2) is 24.4 Å². The van der Waals surface area contributed by atoms with Crippen LogP contribution in [-0.2, 0) is 9.59 Å². The number of aromatic amines is 1. The minimum atomic E-state index is -0.868. The number of anilines is 1. The smallest absolute Gasteiger partial charge is 0.325 e. The molecule has 0 spiro atoms. The molecule has 124 valence electrons. The summed E-state index contributed by atoms with van der Waals surface area (Å²) < 4.78 is 0. The number of aromatic nitrogens is 2.